The second-order valence-electron chi connectivity index (χ2n) is 4.56. The van der Waals surface area contributed by atoms with Crippen LogP contribution in [0.4, 0.5) is 0 Å². The second-order valence-corrected chi connectivity index (χ2v) is 4.56. The van der Waals surface area contributed by atoms with Gasteiger partial charge in [-0.05, 0) is 31.7 Å². The second kappa shape index (κ2) is 4.85. The van der Waals surface area contributed by atoms with E-state index in [4.69, 9.17) is 4.52 Å². The van der Waals surface area contributed by atoms with Gasteiger partial charge < -0.3 is 14.4 Å². The van der Waals surface area contributed by atoms with Crippen LogP contribution in [0.3, 0.4) is 0 Å². The van der Waals surface area contributed by atoms with E-state index in [1.807, 2.05) is 14.0 Å². The molecule has 0 unspecified atom stereocenters. The molecule has 98 valence electrons. The summed E-state index contributed by atoms with van der Waals surface area (Å²) in [7, 11) is 1.96. The number of hydrogen-bond acceptors (Lipinski definition) is 4. The molecule has 0 aliphatic carbocycles. The van der Waals surface area contributed by atoms with E-state index in [1.165, 1.54) is 16.5 Å². The molecule has 0 radical (unpaired) electrons. The highest BCUT2D eigenvalue weighted by molar-refractivity contribution is 5.83. The Morgan fingerprint density at radius 2 is 2.21 bits per heavy atom. The van der Waals surface area contributed by atoms with E-state index in [1.54, 1.807) is 0 Å². The number of nitrogens with one attached hydrogen (secondary N) is 1. The SMILES string of the molecule is CNCc1cccc2c1ccn2Cc1nc(C)no1. The zero-order chi connectivity index (χ0) is 13.2. The Morgan fingerprint density at radius 3 is 2.95 bits per heavy atom. The van der Waals surface area contributed by atoms with E-state index in [0.717, 1.165) is 6.54 Å². The predicted molar refractivity (Wildman–Crippen MR) is 72.8 cm³/mol. The fourth-order valence-corrected chi connectivity index (χ4v) is 2.32. The third-order valence-electron chi connectivity index (χ3n) is 3.15. The molecule has 5 nitrogen and oxygen atoms in total. The van der Waals surface area contributed by atoms with Gasteiger partial charge in [-0.3, -0.25) is 0 Å². The lowest BCUT2D eigenvalue weighted by Gasteiger charge is -2.05. The van der Waals surface area contributed by atoms with Crippen LogP contribution in [-0.4, -0.2) is 21.8 Å². The monoisotopic (exact) mass is 256 g/mol. The minimum atomic E-state index is 0.605. The van der Waals surface area contributed by atoms with Crippen molar-refractivity contribution in [1.29, 1.82) is 0 Å². The van der Waals surface area contributed by atoms with Crippen LogP contribution in [0.1, 0.15) is 17.3 Å². The van der Waals surface area contributed by atoms with E-state index in [-0.39, 0.29) is 0 Å². The zero-order valence-corrected chi connectivity index (χ0v) is 11.1. The molecule has 0 saturated carbocycles. The third-order valence-corrected chi connectivity index (χ3v) is 3.15. The lowest BCUT2D eigenvalue weighted by molar-refractivity contribution is 0.369. The first-order valence-electron chi connectivity index (χ1n) is 6.28. The molecule has 0 atom stereocenters. The smallest absolute Gasteiger partial charge is 0.246 e. The molecule has 2 heterocycles. The molecular formula is C14H16N4O. The quantitative estimate of drug-likeness (QED) is 0.776. The number of benzene rings is 1. The Balaban J connectivity index is 1.98. The Bertz CT molecular complexity index is 698. The number of nitrogens with zero attached hydrogens (tertiary/aromatic N) is 3. The van der Waals surface area contributed by atoms with Crippen molar-refractivity contribution in [3.8, 4) is 0 Å². The van der Waals surface area contributed by atoms with Crippen molar-refractivity contribution in [3.05, 3.63) is 47.7 Å². The molecule has 5 heteroatoms. The van der Waals surface area contributed by atoms with Crippen molar-refractivity contribution < 1.29 is 4.52 Å². The maximum Gasteiger partial charge on any atom is 0.246 e. The highest BCUT2D eigenvalue weighted by Crippen LogP contribution is 2.21. The predicted octanol–water partition coefficient (Wildman–Crippen LogP) is 2.10. The minimum absolute atomic E-state index is 0.605. The first kappa shape index (κ1) is 11.9. The van der Waals surface area contributed by atoms with Gasteiger partial charge in [0.25, 0.3) is 0 Å². The fourth-order valence-electron chi connectivity index (χ4n) is 2.32. The summed E-state index contributed by atoms with van der Waals surface area (Å²) in [5.41, 5.74) is 2.48. The number of fused-ring (bicyclic) bond motifs is 1. The standard InChI is InChI=1S/C14H16N4O/c1-10-16-14(19-17-10)9-18-7-6-12-11(8-15-2)4-3-5-13(12)18/h3-7,15H,8-9H2,1-2H3. The molecule has 3 aromatic rings. The molecule has 0 saturated heterocycles. The highest BCUT2D eigenvalue weighted by Gasteiger charge is 2.08. The maximum atomic E-state index is 5.17. The summed E-state index contributed by atoms with van der Waals surface area (Å²) in [6.07, 6.45) is 2.06. The van der Waals surface area contributed by atoms with Gasteiger partial charge in [0.2, 0.25) is 5.89 Å². The Hall–Kier alpha value is -2.14. The van der Waals surface area contributed by atoms with Gasteiger partial charge in [0.15, 0.2) is 5.82 Å². The zero-order valence-electron chi connectivity index (χ0n) is 11.1. The van der Waals surface area contributed by atoms with Crippen molar-refractivity contribution in [2.75, 3.05) is 7.05 Å². The molecule has 1 aromatic carbocycles. The summed E-state index contributed by atoms with van der Waals surface area (Å²) in [5, 5.41) is 8.26. The van der Waals surface area contributed by atoms with Crippen LogP contribution >= 0.6 is 0 Å². The Morgan fingerprint density at radius 1 is 1.32 bits per heavy atom. The summed E-state index contributed by atoms with van der Waals surface area (Å²) in [6, 6.07) is 8.45. The average Bonchev–Trinajstić information content (AvgIpc) is 2.99. The van der Waals surface area contributed by atoms with Crippen LogP contribution in [0.15, 0.2) is 35.0 Å². The molecule has 0 aliphatic heterocycles. The maximum absolute atomic E-state index is 5.17. The summed E-state index contributed by atoms with van der Waals surface area (Å²) in [4.78, 5) is 4.24. The van der Waals surface area contributed by atoms with Crippen LogP contribution in [0.2, 0.25) is 0 Å². The fraction of sp³-hybridized carbons (Fsp3) is 0.286. The van der Waals surface area contributed by atoms with Crippen LogP contribution in [0.25, 0.3) is 10.9 Å². The summed E-state index contributed by atoms with van der Waals surface area (Å²) in [5.74, 6) is 1.30. The van der Waals surface area contributed by atoms with Crippen molar-refractivity contribution in [2.45, 2.75) is 20.0 Å². The van der Waals surface area contributed by atoms with E-state index < -0.39 is 0 Å². The van der Waals surface area contributed by atoms with Gasteiger partial charge in [0.05, 0.1) is 0 Å². The third kappa shape index (κ3) is 2.24. The van der Waals surface area contributed by atoms with Gasteiger partial charge in [-0.1, -0.05) is 17.3 Å². The highest BCUT2D eigenvalue weighted by atomic mass is 16.5. The number of hydrogen-bond donors (Lipinski definition) is 1. The largest absolute Gasteiger partial charge is 0.338 e. The molecule has 1 N–H and O–H groups in total. The Kier molecular flexibility index (Phi) is 3.05. The van der Waals surface area contributed by atoms with Crippen molar-refractivity contribution in [2.24, 2.45) is 0 Å². The van der Waals surface area contributed by atoms with Crippen LogP contribution in [-0.2, 0) is 13.1 Å². The lowest BCUT2D eigenvalue weighted by atomic mass is 10.1. The first-order valence-corrected chi connectivity index (χ1v) is 6.28. The van der Waals surface area contributed by atoms with Gasteiger partial charge in [0.1, 0.15) is 6.54 Å². The van der Waals surface area contributed by atoms with Crippen molar-refractivity contribution in [3.63, 3.8) is 0 Å². The van der Waals surface area contributed by atoms with E-state index in [9.17, 15) is 0 Å². The van der Waals surface area contributed by atoms with Crippen molar-refractivity contribution >= 4 is 10.9 Å². The van der Waals surface area contributed by atoms with E-state index in [0.29, 0.717) is 18.3 Å². The molecular weight excluding hydrogens is 240 g/mol. The molecule has 3 rings (SSSR count). The molecule has 0 spiro atoms. The topological polar surface area (TPSA) is 55.9 Å². The molecule has 19 heavy (non-hydrogen) atoms. The Labute approximate surface area is 111 Å². The minimum Gasteiger partial charge on any atom is -0.338 e. The molecule has 0 aliphatic rings. The number of aromatic nitrogens is 3. The summed E-state index contributed by atoms with van der Waals surface area (Å²) >= 11 is 0. The van der Waals surface area contributed by atoms with Crippen LogP contribution in [0, 0.1) is 6.92 Å². The normalized spacial score (nSPS) is 11.3. The van der Waals surface area contributed by atoms with Gasteiger partial charge in [-0.15, -0.1) is 0 Å². The van der Waals surface area contributed by atoms with Crippen LogP contribution in [0.5, 0.6) is 0 Å². The number of rotatable bonds is 4. The van der Waals surface area contributed by atoms with Gasteiger partial charge in [0, 0.05) is 23.6 Å². The average molecular weight is 256 g/mol. The number of aryl methyl sites for hydroxylation is 1. The summed E-state index contributed by atoms with van der Waals surface area (Å²) in [6.45, 7) is 3.29. The van der Waals surface area contributed by atoms with Gasteiger partial charge in [-0.25, -0.2) is 0 Å². The summed E-state index contributed by atoms with van der Waals surface area (Å²) < 4.78 is 7.30. The van der Waals surface area contributed by atoms with Gasteiger partial charge in [-0.2, -0.15) is 4.98 Å². The molecule has 0 fully saturated rings. The first-order chi connectivity index (χ1) is 9.28. The molecule has 0 amide bonds. The van der Waals surface area contributed by atoms with E-state index in [2.05, 4.69) is 50.5 Å². The van der Waals surface area contributed by atoms with E-state index >= 15 is 0 Å². The molecule has 2 aromatic heterocycles. The lowest BCUT2D eigenvalue weighted by Crippen LogP contribution is -2.05. The molecule has 0 bridgehead atoms. The van der Waals surface area contributed by atoms with Crippen LogP contribution < -0.4 is 5.32 Å². The van der Waals surface area contributed by atoms with Gasteiger partial charge >= 0.3 is 0 Å². The van der Waals surface area contributed by atoms with Crippen molar-refractivity contribution in [1.82, 2.24) is 20.0 Å².